The summed E-state index contributed by atoms with van der Waals surface area (Å²) in [5.74, 6) is 1.13. The molecule has 0 aliphatic heterocycles. The Kier molecular flexibility index (Phi) is 5.21. The summed E-state index contributed by atoms with van der Waals surface area (Å²) >= 11 is 3.64. The van der Waals surface area contributed by atoms with Crippen LogP contribution in [-0.2, 0) is 11.3 Å². The minimum atomic E-state index is 0.539. The van der Waals surface area contributed by atoms with Crippen LogP contribution in [0.4, 0.5) is 0 Å². The van der Waals surface area contributed by atoms with Crippen LogP contribution < -0.4 is 5.73 Å². The van der Waals surface area contributed by atoms with E-state index in [0.717, 1.165) is 17.6 Å². The molecule has 1 heterocycles. The summed E-state index contributed by atoms with van der Waals surface area (Å²) in [7, 11) is 1.72. The van der Waals surface area contributed by atoms with Gasteiger partial charge in [0.2, 0.25) is 0 Å². The van der Waals surface area contributed by atoms with Crippen LogP contribution in [0.15, 0.2) is 10.7 Å². The molecule has 1 saturated carbocycles. The molecule has 1 fully saturated rings. The van der Waals surface area contributed by atoms with Gasteiger partial charge >= 0.3 is 0 Å². The van der Waals surface area contributed by atoms with E-state index in [1.807, 2.05) is 6.20 Å². The van der Waals surface area contributed by atoms with E-state index in [1.165, 1.54) is 31.4 Å². The zero-order chi connectivity index (χ0) is 13.0. The van der Waals surface area contributed by atoms with Crippen LogP contribution in [0.1, 0.15) is 37.3 Å². The van der Waals surface area contributed by atoms with Crippen molar-refractivity contribution in [3.8, 4) is 0 Å². The fraction of sp³-hybridized carbons (Fsp3) is 0.769. The molecule has 2 atom stereocenters. The molecule has 0 saturated heterocycles. The topological polar surface area (TPSA) is 53.1 Å². The molecule has 0 spiro atoms. The molecule has 5 heteroatoms. The van der Waals surface area contributed by atoms with E-state index in [1.54, 1.807) is 7.11 Å². The molecule has 2 N–H and O–H groups in total. The van der Waals surface area contributed by atoms with Gasteiger partial charge < -0.3 is 10.5 Å². The van der Waals surface area contributed by atoms with Crippen molar-refractivity contribution >= 4 is 15.9 Å². The Balaban J connectivity index is 2.21. The van der Waals surface area contributed by atoms with Crippen LogP contribution in [-0.4, -0.2) is 30.0 Å². The monoisotopic (exact) mass is 315 g/mol. The van der Waals surface area contributed by atoms with Crippen molar-refractivity contribution < 1.29 is 4.74 Å². The van der Waals surface area contributed by atoms with Crippen molar-refractivity contribution in [2.75, 3.05) is 20.3 Å². The van der Waals surface area contributed by atoms with Crippen molar-refractivity contribution in [2.45, 2.75) is 38.1 Å². The first-order valence-corrected chi connectivity index (χ1v) is 7.47. The Morgan fingerprint density at radius 1 is 1.50 bits per heavy atom. The highest BCUT2D eigenvalue weighted by Gasteiger charge is 2.29. The smallest absolute Gasteiger partial charge is 0.0658 e. The van der Waals surface area contributed by atoms with Gasteiger partial charge in [-0.25, -0.2) is 0 Å². The second kappa shape index (κ2) is 6.68. The van der Waals surface area contributed by atoms with Crippen LogP contribution in [0.3, 0.4) is 0 Å². The van der Waals surface area contributed by atoms with Gasteiger partial charge in [-0.05, 0) is 41.2 Å². The van der Waals surface area contributed by atoms with Gasteiger partial charge in [-0.15, -0.1) is 0 Å². The average Bonchev–Trinajstić information content (AvgIpc) is 2.77. The van der Waals surface area contributed by atoms with Crippen LogP contribution in [0.2, 0.25) is 0 Å². The second-order valence-electron chi connectivity index (χ2n) is 4.98. The zero-order valence-corrected chi connectivity index (χ0v) is 12.5. The molecule has 2 rings (SSSR count). The third-order valence-corrected chi connectivity index (χ3v) is 4.51. The molecule has 1 aromatic rings. The lowest BCUT2D eigenvalue weighted by Gasteiger charge is -2.31. The summed E-state index contributed by atoms with van der Waals surface area (Å²) in [5.41, 5.74) is 7.24. The summed E-state index contributed by atoms with van der Waals surface area (Å²) in [6, 6.07) is 0. The molecule has 1 aliphatic carbocycles. The summed E-state index contributed by atoms with van der Waals surface area (Å²) in [6.07, 6.45) is 6.96. The molecular formula is C13H22BrN3O. The fourth-order valence-electron chi connectivity index (χ4n) is 2.95. The minimum Gasteiger partial charge on any atom is -0.383 e. The zero-order valence-electron chi connectivity index (χ0n) is 10.9. The van der Waals surface area contributed by atoms with Crippen LogP contribution in [0, 0.1) is 5.92 Å². The maximum Gasteiger partial charge on any atom is 0.0658 e. The van der Waals surface area contributed by atoms with Crippen molar-refractivity contribution in [2.24, 2.45) is 11.7 Å². The molecule has 102 valence electrons. The number of nitrogens with two attached hydrogens (primary N) is 1. The molecular weight excluding hydrogens is 294 g/mol. The predicted octanol–water partition coefficient (Wildman–Crippen LogP) is 2.52. The summed E-state index contributed by atoms with van der Waals surface area (Å²) < 4.78 is 8.34. The predicted molar refractivity (Wildman–Crippen MR) is 75.6 cm³/mol. The van der Waals surface area contributed by atoms with Gasteiger partial charge in [-0.2, -0.15) is 5.10 Å². The van der Waals surface area contributed by atoms with Gasteiger partial charge in [-0.3, -0.25) is 4.68 Å². The maximum absolute atomic E-state index is 5.93. The van der Waals surface area contributed by atoms with Crippen molar-refractivity contribution in [3.05, 3.63) is 16.4 Å². The Hall–Kier alpha value is -0.390. The van der Waals surface area contributed by atoms with Crippen molar-refractivity contribution in [1.29, 1.82) is 0 Å². The molecule has 0 aromatic carbocycles. The van der Waals surface area contributed by atoms with E-state index >= 15 is 0 Å². The van der Waals surface area contributed by atoms with Gasteiger partial charge in [0.15, 0.2) is 0 Å². The highest BCUT2D eigenvalue weighted by molar-refractivity contribution is 9.10. The lowest BCUT2D eigenvalue weighted by molar-refractivity contribution is 0.180. The van der Waals surface area contributed by atoms with Crippen LogP contribution in [0.5, 0.6) is 0 Å². The molecule has 1 aromatic heterocycles. The van der Waals surface area contributed by atoms with E-state index in [9.17, 15) is 0 Å². The average molecular weight is 316 g/mol. The Morgan fingerprint density at radius 2 is 2.28 bits per heavy atom. The number of hydrogen-bond acceptors (Lipinski definition) is 3. The molecule has 1 aliphatic rings. The first kappa shape index (κ1) is 14.0. The van der Waals surface area contributed by atoms with Gasteiger partial charge in [0, 0.05) is 13.0 Å². The number of halogens is 1. The number of methoxy groups -OCH3 is 1. The van der Waals surface area contributed by atoms with Gasteiger partial charge in [0.1, 0.15) is 0 Å². The Morgan fingerprint density at radius 3 is 3.00 bits per heavy atom. The SMILES string of the molecule is COCCn1ncc(Br)c1C1CCCCC1CN. The van der Waals surface area contributed by atoms with E-state index in [2.05, 4.69) is 25.7 Å². The molecule has 0 amide bonds. The van der Waals surface area contributed by atoms with E-state index in [0.29, 0.717) is 18.4 Å². The number of aromatic nitrogens is 2. The van der Waals surface area contributed by atoms with Gasteiger partial charge in [0.05, 0.1) is 29.5 Å². The second-order valence-corrected chi connectivity index (χ2v) is 5.83. The minimum absolute atomic E-state index is 0.539. The summed E-state index contributed by atoms with van der Waals surface area (Å²) in [5, 5.41) is 4.45. The van der Waals surface area contributed by atoms with Crippen molar-refractivity contribution in [3.63, 3.8) is 0 Å². The highest BCUT2D eigenvalue weighted by atomic mass is 79.9. The van der Waals surface area contributed by atoms with Gasteiger partial charge in [-0.1, -0.05) is 12.8 Å². The molecule has 0 bridgehead atoms. The normalized spacial score (nSPS) is 24.4. The van der Waals surface area contributed by atoms with E-state index < -0.39 is 0 Å². The molecule has 2 unspecified atom stereocenters. The Bertz CT molecular complexity index is 380. The van der Waals surface area contributed by atoms with E-state index in [4.69, 9.17) is 10.5 Å². The molecule has 18 heavy (non-hydrogen) atoms. The fourth-order valence-corrected chi connectivity index (χ4v) is 3.54. The highest BCUT2D eigenvalue weighted by Crippen LogP contribution is 2.40. The third-order valence-electron chi connectivity index (χ3n) is 3.90. The Labute approximate surface area is 117 Å². The summed E-state index contributed by atoms with van der Waals surface area (Å²) in [4.78, 5) is 0. The first-order valence-electron chi connectivity index (χ1n) is 6.68. The van der Waals surface area contributed by atoms with Crippen molar-refractivity contribution in [1.82, 2.24) is 9.78 Å². The maximum atomic E-state index is 5.93. The van der Waals surface area contributed by atoms with Crippen LogP contribution in [0.25, 0.3) is 0 Å². The first-order chi connectivity index (χ1) is 8.77. The standard InChI is InChI=1S/C13H22BrN3O/c1-18-7-6-17-13(12(14)9-16-17)11-5-3-2-4-10(11)8-15/h9-11H,2-8,15H2,1H3. The van der Waals surface area contributed by atoms with Crippen LogP contribution >= 0.6 is 15.9 Å². The third kappa shape index (κ3) is 2.95. The lowest BCUT2D eigenvalue weighted by Crippen LogP contribution is -2.27. The summed E-state index contributed by atoms with van der Waals surface area (Å²) in [6.45, 7) is 2.28. The quantitative estimate of drug-likeness (QED) is 0.908. The number of nitrogens with zero attached hydrogens (tertiary/aromatic N) is 2. The van der Waals surface area contributed by atoms with E-state index in [-0.39, 0.29) is 0 Å². The molecule has 4 nitrogen and oxygen atoms in total. The number of ether oxygens (including phenoxy) is 1. The van der Waals surface area contributed by atoms with Gasteiger partial charge in [0.25, 0.3) is 0 Å². The number of rotatable bonds is 5. The molecule has 0 radical (unpaired) electrons. The lowest BCUT2D eigenvalue weighted by atomic mass is 9.77. The largest absolute Gasteiger partial charge is 0.383 e. The number of hydrogen-bond donors (Lipinski definition) is 1.